The van der Waals surface area contributed by atoms with Crippen molar-refractivity contribution in [2.45, 2.75) is 55.4 Å². The van der Waals surface area contributed by atoms with Crippen LogP contribution in [-0.4, -0.2) is 30.4 Å². The molecule has 0 amide bonds. The first-order chi connectivity index (χ1) is 18.7. The molecule has 1 aliphatic rings. The van der Waals surface area contributed by atoms with Crippen molar-refractivity contribution in [2.75, 3.05) is 6.61 Å². The van der Waals surface area contributed by atoms with Crippen LogP contribution in [0.4, 0.5) is 0 Å². The summed E-state index contributed by atoms with van der Waals surface area (Å²) in [6, 6.07) is 39.2. The third-order valence-corrected chi connectivity index (χ3v) is 7.66. The van der Waals surface area contributed by atoms with Crippen molar-refractivity contribution in [1.29, 1.82) is 0 Å². The van der Waals surface area contributed by atoms with E-state index in [4.69, 9.17) is 18.9 Å². The summed E-state index contributed by atoms with van der Waals surface area (Å²) in [4.78, 5) is 1.14. The van der Waals surface area contributed by atoms with Crippen LogP contribution in [0.2, 0.25) is 0 Å². The summed E-state index contributed by atoms with van der Waals surface area (Å²) in [5.74, 6) is 0. The lowest BCUT2D eigenvalue weighted by atomic mass is 10.1. The fraction of sp³-hybridized carbons (Fsp3) is 0.273. The highest BCUT2D eigenvalue weighted by Gasteiger charge is 2.47. The fourth-order valence-electron chi connectivity index (χ4n) is 4.45. The van der Waals surface area contributed by atoms with Gasteiger partial charge in [0, 0.05) is 4.90 Å². The summed E-state index contributed by atoms with van der Waals surface area (Å²) in [6.45, 7) is 4.02. The van der Waals surface area contributed by atoms with Crippen LogP contribution in [0, 0.1) is 6.92 Å². The van der Waals surface area contributed by atoms with Gasteiger partial charge in [0.05, 0.1) is 26.4 Å². The zero-order chi connectivity index (χ0) is 26.0. The number of aryl methyl sites for hydroxylation is 1. The van der Waals surface area contributed by atoms with Crippen molar-refractivity contribution >= 4 is 11.8 Å². The minimum atomic E-state index is -0.280. The molecule has 0 radical (unpaired) electrons. The number of thioether (sulfide) groups is 1. The molecule has 1 aliphatic heterocycles. The summed E-state index contributed by atoms with van der Waals surface area (Å²) >= 11 is 1.68. The van der Waals surface area contributed by atoms with E-state index in [2.05, 4.69) is 67.6 Å². The molecule has 1 saturated heterocycles. The van der Waals surface area contributed by atoms with Gasteiger partial charge in [-0.3, -0.25) is 0 Å². The Labute approximate surface area is 229 Å². The lowest BCUT2D eigenvalue weighted by molar-refractivity contribution is -0.0895. The summed E-state index contributed by atoms with van der Waals surface area (Å²) in [7, 11) is 0. The van der Waals surface area contributed by atoms with Crippen LogP contribution in [0.25, 0.3) is 0 Å². The highest BCUT2D eigenvalue weighted by molar-refractivity contribution is 7.99. The molecule has 0 aliphatic carbocycles. The second-order valence-corrected chi connectivity index (χ2v) is 10.7. The van der Waals surface area contributed by atoms with Crippen LogP contribution in [0.15, 0.2) is 120 Å². The van der Waals surface area contributed by atoms with Gasteiger partial charge in [-0.15, -0.1) is 0 Å². The minimum absolute atomic E-state index is 0.229. The van der Waals surface area contributed by atoms with E-state index in [1.54, 1.807) is 11.8 Å². The average Bonchev–Trinajstić information content (AvgIpc) is 3.29. The predicted octanol–water partition coefficient (Wildman–Crippen LogP) is 7.20. The van der Waals surface area contributed by atoms with Gasteiger partial charge in [0.25, 0.3) is 0 Å². The minimum Gasteiger partial charge on any atom is -0.374 e. The van der Waals surface area contributed by atoms with Crippen LogP contribution in [-0.2, 0) is 38.8 Å². The van der Waals surface area contributed by atoms with E-state index in [1.165, 1.54) is 5.56 Å². The third-order valence-electron chi connectivity index (χ3n) is 6.50. The Hall–Kier alpha value is -2.93. The Kier molecular flexibility index (Phi) is 9.64. The summed E-state index contributed by atoms with van der Waals surface area (Å²) in [5.41, 5.74) is 4.38. The summed E-state index contributed by atoms with van der Waals surface area (Å²) in [5, 5.41) is 0. The molecule has 0 aromatic heterocycles. The Morgan fingerprint density at radius 2 is 1.11 bits per heavy atom. The van der Waals surface area contributed by atoms with Gasteiger partial charge >= 0.3 is 0 Å². The highest BCUT2D eigenvalue weighted by Crippen LogP contribution is 2.38. The van der Waals surface area contributed by atoms with E-state index < -0.39 is 0 Å². The first-order valence-electron chi connectivity index (χ1n) is 13.1. The molecule has 0 unspecified atom stereocenters. The largest absolute Gasteiger partial charge is 0.374 e. The van der Waals surface area contributed by atoms with Crippen molar-refractivity contribution in [2.24, 2.45) is 0 Å². The van der Waals surface area contributed by atoms with E-state index in [0.29, 0.717) is 26.4 Å². The number of hydrogen-bond acceptors (Lipinski definition) is 5. The van der Waals surface area contributed by atoms with Gasteiger partial charge in [0.2, 0.25) is 0 Å². The first-order valence-corrected chi connectivity index (χ1v) is 13.9. The fourth-order valence-corrected chi connectivity index (χ4v) is 5.58. The first kappa shape index (κ1) is 26.7. The Morgan fingerprint density at radius 1 is 0.605 bits per heavy atom. The van der Waals surface area contributed by atoms with Crippen LogP contribution in [0.1, 0.15) is 22.3 Å². The average molecular weight is 527 g/mol. The molecule has 4 atom stereocenters. The van der Waals surface area contributed by atoms with Crippen LogP contribution >= 0.6 is 11.8 Å². The smallest absolute Gasteiger partial charge is 0.137 e. The molecular weight excluding hydrogens is 492 g/mol. The van der Waals surface area contributed by atoms with Gasteiger partial charge in [-0.25, -0.2) is 0 Å². The molecule has 0 N–H and O–H groups in total. The summed E-state index contributed by atoms with van der Waals surface area (Å²) in [6.07, 6.45) is -0.806. The van der Waals surface area contributed by atoms with Crippen LogP contribution in [0.3, 0.4) is 0 Å². The molecule has 196 valence electrons. The van der Waals surface area contributed by atoms with E-state index in [-0.39, 0.29) is 23.7 Å². The van der Waals surface area contributed by atoms with Gasteiger partial charge in [0.15, 0.2) is 0 Å². The van der Waals surface area contributed by atoms with Crippen LogP contribution < -0.4 is 0 Å². The molecule has 0 spiro atoms. The number of ether oxygens (including phenoxy) is 4. The van der Waals surface area contributed by atoms with Crippen molar-refractivity contribution < 1.29 is 18.9 Å². The Balaban J connectivity index is 1.34. The van der Waals surface area contributed by atoms with E-state index in [1.807, 2.05) is 54.6 Å². The van der Waals surface area contributed by atoms with Crippen molar-refractivity contribution in [1.82, 2.24) is 0 Å². The third kappa shape index (κ3) is 7.56. The highest BCUT2D eigenvalue weighted by atomic mass is 32.2. The maximum Gasteiger partial charge on any atom is 0.137 e. The normalized spacial score (nSPS) is 21.0. The molecule has 4 nitrogen and oxygen atoms in total. The van der Waals surface area contributed by atoms with E-state index >= 15 is 0 Å². The zero-order valence-electron chi connectivity index (χ0n) is 21.6. The van der Waals surface area contributed by atoms with Gasteiger partial charge in [-0.2, -0.15) is 0 Å². The lowest BCUT2D eigenvalue weighted by Crippen LogP contribution is -2.38. The molecule has 4 aromatic rings. The SMILES string of the molecule is Cc1ccc(S[C@@H]2O[C@@H](COCc3ccccc3)[C@H](OCc3ccccc3)[C@H]2OCc2ccccc2)cc1. The lowest BCUT2D eigenvalue weighted by Gasteiger charge is -2.25. The quantitative estimate of drug-likeness (QED) is 0.195. The number of rotatable bonds is 12. The zero-order valence-corrected chi connectivity index (χ0v) is 22.5. The van der Waals surface area contributed by atoms with Crippen molar-refractivity contribution in [3.8, 4) is 0 Å². The molecule has 1 fully saturated rings. The monoisotopic (exact) mass is 526 g/mol. The van der Waals surface area contributed by atoms with E-state index in [0.717, 1.165) is 21.6 Å². The Bertz CT molecular complexity index is 1220. The summed E-state index contributed by atoms with van der Waals surface area (Å²) < 4.78 is 25.9. The van der Waals surface area contributed by atoms with Gasteiger partial charge in [-0.1, -0.05) is 120 Å². The Morgan fingerprint density at radius 3 is 1.66 bits per heavy atom. The molecule has 4 aromatic carbocycles. The molecule has 5 heteroatoms. The predicted molar refractivity (Wildman–Crippen MR) is 152 cm³/mol. The molecule has 5 rings (SSSR count). The molecule has 0 saturated carbocycles. The molecular formula is C33H34O4S. The van der Waals surface area contributed by atoms with Crippen LogP contribution in [0.5, 0.6) is 0 Å². The molecule has 0 bridgehead atoms. The standard InChI is InChI=1S/C33H34O4S/c1-25-17-19-29(20-18-25)38-33-32(36-23-28-15-9-4-10-16-28)31(35-22-27-13-7-3-8-14-27)30(37-33)24-34-21-26-11-5-2-6-12-26/h2-20,30-33H,21-24H2,1H3/t30-,31-,32+,33-/m0/s1. The van der Waals surface area contributed by atoms with E-state index in [9.17, 15) is 0 Å². The second-order valence-electron chi connectivity index (χ2n) is 9.50. The van der Waals surface area contributed by atoms with Gasteiger partial charge < -0.3 is 18.9 Å². The number of hydrogen-bond donors (Lipinski definition) is 0. The maximum absolute atomic E-state index is 6.62. The number of benzene rings is 4. The second kappa shape index (κ2) is 13.7. The maximum atomic E-state index is 6.62. The van der Waals surface area contributed by atoms with Crippen molar-refractivity contribution in [3.05, 3.63) is 138 Å². The van der Waals surface area contributed by atoms with Crippen molar-refractivity contribution in [3.63, 3.8) is 0 Å². The molecule has 1 heterocycles. The molecule has 38 heavy (non-hydrogen) atoms. The topological polar surface area (TPSA) is 36.9 Å². The van der Waals surface area contributed by atoms with Gasteiger partial charge in [-0.05, 0) is 35.7 Å². The van der Waals surface area contributed by atoms with Gasteiger partial charge in [0.1, 0.15) is 23.7 Å².